The number of benzene rings is 1. The van der Waals surface area contributed by atoms with Gasteiger partial charge in [-0.15, -0.1) is 0 Å². The van der Waals surface area contributed by atoms with E-state index in [-0.39, 0.29) is 0 Å². The molecule has 24 heavy (non-hydrogen) atoms. The van der Waals surface area contributed by atoms with Crippen LogP contribution in [0.25, 0.3) is 0 Å². The molecule has 0 bridgehead atoms. The average Bonchev–Trinajstić information content (AvgIpc) is 2.63. The van der Waals surface area contributed by atoms with Crippen molar-refractivity contribution in [1.29, 1.82) is 0 Å². The first-order valence-corrected chi connectivity index (χ1v) is 10.5. The Kier molecular flexibility index (Phi) is 6.58. The maximum Gasteiger partial charge on any atom is -0.0162 e. The molecule has 2 saturated carbocycles. The minimum atomic E-state index is 0.827. The van der Waals surface area contributed by atoms with Gasteiger partial charge in [0, 0.05) is 0 Å². The molecule has 0 amide bonds. The first kappa shape index (κ1) is 17.8. The Morgan fingerprint density at radius 2 is 1.42 bits per heavy atom. The van der Waals surface area contributed by atoms with E-state index in [0.29, 0.717) is 0 Å². The lowest BCUT2D eigenvalue weighted by molar-refractivity contribution is 0.165. The van der Waals surface area contributed by atoms with Gasteiger partial charge in [0.25, 0.3) is 0 Å². The molecule has 0 spiro atoms. The van der Waals surface area contributed by atoms with Crippen LogP contribution in [0.1, 0.15) is 88.7 Å². The van der Waals surface area contributed by atoms with Gasteiger partial charge in [0.15, 0.2) is 0 Å². The number of allylic oxidation sites excluding steroid dienone is 2. The fourth-order valence-electron chi connectivity index (χ4n) is 5.05. The lowest BCUT2D eigenvalue weighted by atomic mass is 9.68. The molecule has 132 valence electrons. The summed E-state index contributed by atoms with van der Waals surface area (Å²) in [5.41, 5.74) is 3.09. The molecule has 0 nitrogen and oxygen atoms in total. The fraction of sp³-hybridized carbons (Fsp3) is 0.667. The van der Waals surface area contributed by atoms with Crippen LogP contribution >= 0.6 is 0 Å². The zero-order valence-electron chi connectivity index (χ0n) is 15.8. The Morgan fingerprint density at radius 3 is 2.00 bits per heavy atom. The predicted octanol–water partition coefficient (Wildman–Crippen LogP) is 7.30. The Bertz CT molecular complexity index is 493. The van der Waals surface area contributed by atoms with Crippen molar-refractivity contribution < 1.29 is 0 Å². The van der Waals surface area contributed by atoms with Crippen LogP contribution in [0.4, 0.5) is 0 Å². The van der Waals surface area contributed by atoms with Crippen LogP contribution < -0.4 is 0 Å². The summed E-state index contributed by atoms with van der Waals surface area (Å²) in [6, 6.07) is 9.57. The molecule has 1 aromatic carbocycles. The minimum absolute atomic E-state index is 0.827. The van der Waals surface area contributed by atoms with Crippen LogP contribution in [0.2, 0.25) is 0 Å². The second kappa shape index (κ2) is 8.88. The predicted molar refractivity (Wildman–Crippen MR) is 105 cm³/mol. The highest BCUT2D eigenvalue weighted by Crippen LogP contribution is 2.43. The smallest absolute Gasteiger partial charge is 0.0162 e. The summed E-state index contributed by atoms with van der Waals surface area (Å²) in [6.45, 7) is 4.54. The molecule has 0 unspecified atom stereocenters. The van der Waals surface area contributed by atoms with Gasteiger partial charge in [0.05, 0.1) is 0 Å². The van der Waals surface area contributed by atoms with Crippen LogP contribution in [0, 0.1) is 17.8 Å². The maximum absolute atomic E-state index is 2.44. The maximum atomic E-state index is 2.44. The van der Waals surface area contributed by atoms with E-state index >= 15 is 0 Å². The summed E-state index contributed by atoms with van der Waals surface area (Å²) in [7, 11) is 0. The third-order valence-corrected chi connectivity index (χ3v) is 6.79. The quantitative estimate of drug-likeness (QED) is 0.499. The minimum Gasteiger partial charge on any atom is -0.0917 e. The van der Waals surface area contributed by atoms with Gasteiger partial charge in [0.2, 0.25) is 0 Å². The lowest BCUT2D eigenvalue weighted by Crippen LogP contribution is -2.24. The molecule has 0 radical (unpaired) electrons. The zero-order chi connectivity index (χ0) is 16.8. The van der Waals surface area contributed by atoms with E-state index in [2.05, 4.69) is 50.3 Å². The van der Waals surface area contributed by atoms with Gasteiger partial charge in [0.1, 0.15) is 0 Å². The molecule has 3 rings (SSSR count). The van der Waals surface area contributed by atoms with E-state index in [1.54, 1.807) is 5.56 Å². The van der Waals surface area contributed by atoms with E-state index in [1.165, 1.54) is 69.8 Å². The van der Waals surface area contributed by atoms with Crippen LogP contribution in [0.5, 0.6) is 0 Å². The second-order valence-electron chi connectivity index (χ2n) is 8.48. The third-order valence-electron chi connectivity index (χ3n) is 6.79. The molecule has 2 fully saturated rings. The molecule has 2 aliphatic carbocycles. The third kappa shape index (κ3) is 4.74. The van der Waals surface area contributed by atoms with Gasteiger partial charge in [-0.2, -0.15) is 0 Å². The average molecular weight is 325 g/mol. The summed E-state index contributed by atoms with van der Waals surface area (Å²) in [6.07, 6.45) is 18.6. The zero-order valence-corrected chi connectivity index (χ0v) is 15.8. The summed E-state index contributed by atoms with van der Waals surface area (Å²) >= 11 is 0. The molecule has 0 aromatic heterocycles. The molecule has 0 heteroatoms. The summed E-state index contributed by atoms with van der Waals surface area (Å²) in [4.78, 5) is 0. The van der Waals surface area contributed by atoms with Crippen molar-refractivity contribution in [3.63, 3.8) is 0 Å². The molecule has 0 heterocycles. The van der Waals surface area contributed by atoms with Crippen molar-refractivity contribution in [2.45, 2.75) is 84.0 Å². The highest BCUT2D eigenvalue weighted by atomic mass is 14.4. The molecular weight excluding hydrogens is 288 g/mol. The van der Waals surface area contributed by atoms with Gasteiger partial charge >= 0.3 is 0 Å². The number of rotatable bonds is 5. The Labute approximate surface area is 149 Å². The van der Waals surface area contributed by atoms with Crippen molar-refractivity contribution in [3.8, 4) is 0 Å². The topological polar surface area (TPSA) is 0 Å². The van der Waals surface area contributed by atoms with Gasteiger partial charge in [-0.1, -0.05) is 56.2 Å². The Hall–Kier alpha value is -1.04. The standard InChI is InChI=1S/C24H36/c1-3-4-5-6-20-9-13-22(14-10-20)24-17-15-23(16-18-24)21-11-7-19(2)8-12-21/h3-4,9-10,13-14,19,21,23-24H,5-8,11-12,15-18H2,1-2H3/b4-3+. The van der Waals surface area contributed by atoms with Crippen molar-refractivity contribution in [3.05, 3.63) is 47.5 Å². The molecular formula is C24H36. The second-order valence-corrected chi connectivity index (χ2v) is 8.48. The highest BCUT2D eigenvalue weighted by molar-refractivity contribution is 5.26. The van der Waals surface area contributed by atoms with Crippen molar-refractivity contribution >= 4 is 0 Å². The first-order chi connectivity index (χ1) is 11.8. The molecule has 0 aliphatic heterocycles. The van der Waals surface area contributed by atoms with Crippen LogP contribution in [0.3, 0.4) is 0 Å². The van der Waals surface area contributed by atoms with E-state index in [1.807, 2.05) is 0 Å². The first-order valence-electron chi connectivity index (χ1n) is 10.5. The normalized spacial score (nSPS) is 31.4. The molecule has 2 aliphatic rings. The van der Waals surface area contributed by atoms with Crippen LogP contribution in [-0.2, 0) is 6.42 Å². The SMILES string of the molecule is C/C=C/CCc1ccc(C2CCC(C3CCC(C)CC3)CC2)cc1. The van der Waals surface area contributed by atoms with Gasteiger partial charge in [-0.25, -0.2) is 0 Å². The van der Waals surface area contributed by atoms with E-state index in [9.17, 15) is 0 Å². The summed E-state index contributed by atoms with van der Waals surface area (Å²) in [5.74, 6) is 3.90. The highest BCUT2D eigenvalue weighted by Gasteiger charge is 2.30. The van der Waals surface area contributed by atoms with Gasteiger partial charge in [-0.05, 0) is 93.1 Å². The largest absolute Gasteiger partial charge is 0.0917 e. The molecule has 0 saturated heterocycles. The van der Waals surface area contributed by atoms with Crippen LogP contribution in [0.15, 0.2) is 36.4 Å². The van der Waals surface area contributed by atoms with E-state index < -0.39 is 0 Å². The fourth-order valence-corrected chi connectivity index (χ4v) is 5.05. The number of hydrogen-bond acceptors (Lipinski definition) is 0. The van der Waals surface area contributed by atoms with Crippen molar-refractivity contribution in [1.82, 2.24) is 0 Å². The Morgan fingerprint density at radius 1 is 0.833 bits per heavy atom. The van der Waals surface area contributed by atoms with Crippen molar-refractivity contribution in [2.75, 3.05) is 0 Å². The number of hydrogen-bond donors (Lipinski definition) is 0. The number of aryl methyl sites for hydroxylation is 1. The molecule has 1 aromatic rings. The van der Waals surface area contributed by atoms with E-state index in [0.717, 1.165) is 23.7 Å². The van der Waals surface area contributed by atoms with E-state index in [4.69, 9.17) is 0 Å². The van der Waals surface area contributed by atoms with Crippen molar-refractivity contribution in [2.24, 2.45) is 17.8 Å². The lowest BCUT2D eigenvalue weighted by Gasteiger charge is -2.37. The van der Waals surface area contributed by atoms with Gasteiger partial charge < -0.3 is 0 Å². The molecule has 0 atom stereocenters. The molecule has 0 N–H and O–H groups in total. The summed E-state index contributed by atoms with van der Waals surface area (Å²) < 4.78 is 0. The van der Waals surface area contributed by atoms with Gasteiger partial charge in [-0.3, -0.25) is 0 Å². The summed E-state index contributed by atoms with van der Waals surface area (Å²) in [5, 5.41) is 0. The van der Waals surface area contributed by atoms with Crippen LogP contribution in [-0.4, -0.2) is 0 Å². The monoisotopic (exact) mass is 324 g/mol. The Balaban J connectivity index is 1.47.